The van der Waals surface area contributed by atoms with E-state index in [0.717, 1.165) is 32.8 Å². The van der Waals surface area contributed by atoms with Crippen molar-refractivity contribution in [2.75, 3.05) is 19.7 Å². The molecular weight excluding hydrogens is 395 g/mol. The minimum Gasteiger partial charge on any atom is -0.372 e. The first-order chi connectivity index (χ1) is 12.8. The van der Waals surface area contributed by atoms with Crippen molar-refractivity contribution < 1.29 is 4.74 Å². The first-order valence-corrected chi connectivity index (χ1v) is 9.93. The summed E-state index contributed by atoms with van der Waals surface area (Å²) >= 11 is 0. The van der Waals surface area contributed by atoms with Crippen LogP contribution in [0.5, 0.6) is 0 Å². The third kappa shape index (κ3) is 4.55. The fourth-order valence-corrected chi connectivity index (χ4v) is 5.14. The number of fused-ring (bicyclic) bond motifs is 2. The molecule has 1 aromatic heterocycles. The van der Waals surface area contributed by atoms with Crippen LogP contribution in [0.15, 0.2) is 42.9 Å². The van der Waals surface area contributed by atoms with Gasteiger partial charge in [-0.1, -0.05) is 30.3 Å². The molecule has 1 spiro atoms. The largest absolute Gasteiger partial charge is 0.372 e. The van der Waals surface area contributed by atoms with E-state index in [9.17, 15) is 0 Å². The van der Waals surface area contributed by atoms with Crippen molar-refractivity contribution in [2.45, 2.75) is 56.5 Å². The molecule has 0 aliphatic carbocycles. The highest BCUT2D eigenvalue weighted by Crippen LogP contribution is 2.38. The summed E-state index contributed by atoms with van der Waals surface area (Å²) in [6.45, 7) is 4.77. The van der Waals surface area contributed by atoms with Crippen LogP contribution in [0.4, 0.5) is 0 Å². The Bertz CT molecular complexity index is 742. The number of nitrogens with one attached hydrogen (secondary N) is 1. The van der Waals surface area contributed by atoms with Gasteiger partial charge in [-0.05, 0) is 31.2 Å². The third-order valence-corrected chi connectivity index (χ3v) is 6.28. The van der Waals surface area contributed by atoms with Crippen molar-refractivity contribution in [3.8, 4) is 0 Å². The number of nitrogens with zero attached hydrogens (tertiary/aromatic N) is 3. The van der Waals surface area contributed by atoms with Gasteiger partial charge in [0.1, 0.15) is 0 Å². The van der Waals surface area contributed by atoms with Gasteiger partial charge in [0.25, 0.3) is 0 Å². The summed E-state index contributed by atoms with van der Waals surface area (Å²) in [5.74, 6) is 0. The van der Waals surface area contributed by atoms with E-state index < -0.39 is 0 Å². The summed E-state index contributed by atoms with van der Waals surface area (Å²) in [7, 11) is 0. The fourth-order valence-electron chi connectivity index (χ4n) is 5.14. The van der Waals surface area contributed by atoms with Gasteiger partial charge in [-0.25, -0.2) is 4.98 Å². The average Bonchev–Trinajstić information content (AvgIpc) is 3.22. The Labute approximate surface area is 179 Å². The molecule has 1 unspecified atom stereocenters. The summed E-state index contributed by atoms with van der Waals surface area (Å²) in [6, 6.07) is 12.0. The molecule has 154 valence electrons. The van der Waals surface area contributed by atoms with Crippen molar-refractivity contribution in [1.82, 2.24) is 19.8 Å². The molecule has 5 nitrogen and oxygen atoms in total. The van der Waals surface area contributed by atoms with E-state index in [4.69, 9.17) is 4.74 Å². The highest BCUT2D eigenvalue weighted by Gasteiger charge is 2.46. The molecule has 3 fully saturated rings. The standard InChI is InChI=1S/C21H28N4O.2ClH/c1-2-4-17(5-3-1)13-25-16-22-12-20(25)14-24-8-9-26-21(15-24)10-18-6-7-19(11-21)23-18;;/h1-5,12,16,18-19,23H,6-11,13-15H2;2*1H/t18-,19+,21?;;. The van der Waals surface area contributed by atoms with Crippen LogP contribution >= 0.6 is 24.8 Å². The molecule has 4 heterocycles. The van der Waals surface area contributed by atoms with Gasteiger partial charge in [0.05, 0.1) is 24.2 Å². The van der Waals surface area contributed by atoms with E-state index in [1.165, 1.54) is 36.9 Å². The lowest BCUT2D eigenvalue weighted by Gasteiger charge is -2.47. The van der Waals surface area contributed by atoms with Crippen LogP contribution in [0.25, 0.3) is 0 Å². The van der Waals surface area contributed by atoms with E-state index in [1.54, 1.807) is 0 Å². The van der Waals surface area contributed by atoms with Crippen molar-refractivity contribution >= 4 is 24.8 Å². The Morgan fingerprint density at radius 3 is 2.57 bits per heavy atom. The predicted octanol–water partition coefficient (Wildman–Crippen LogP) is 3.26. The summed E-state index contributed by atoms with van der Waals surface area (Å²) in [4.78, 5) is 6.99. The molecule has 2 bridgehead atoms. The number of ether oxygens (including phenoxy) is 1. The van der Waals surface area contributed by atoms with E-state index >= 15 is 0 Å². The molecule has 1 aromatic carbocycles. The zero-order valence-corrected chi connectivity index (χ0v) is 17.8. The van der Waals surface area contributed by atoms with E-state index in [0.29, 0.717) is 12.1 Å². The van der Waals surface area contributed by atoms with Gasteiger partial charge in [0, 0.05) is 44.5 Å². The molecule has 0 amide bonds. The van der Waals surface area contributed by atoms with E-state index in [1.807, 2.05) is 12.5 Å². The third-order valence-electron chi connectivity index (χ3n) is 6.28. The van der Waals surface area contributed by atoms with Gasteiger partial charge in [-0.15, -0.1) is 24.8 Å². The molecule has 0 saturated carbocycles. The van der Waals surface area contributed by atoms with Crippen LogP contribution in [0.1, 0.15) is 36.9 Å². The number of morpholine rings is 1. The number of hydrogen-bond donors (Lipinski definition) is 1. The Kier molecular flexibility index (Phi) is 7.05. The van der Waals surface area contributed by atoms with Gasteiger partial charge >= 0.3 is 0 Å². The van der Waals surface area contributed by atoms with Crippen LogP contribution in [0.2, 0.25) is 0 Å². The minimum atomic E-state index is 0. The molecule has 28 heavy (non-hydrogen) atoms. The second-order valence-electron chi connectivity index (χ2n) is 8.29. The highest BCUT2D eigenvalue weighted by atomic mass is 35.5. The van der Waals surface area contributed by atoms with Crippen molar-refractivity contribution in [1.29, 1.82) is 0 Å². The Morgan fingerprint density at radius 1 is 1.07 bits per heavy atom. The zero-order chi connectivity index (χ0) is 17.4. The molecule has 3 atom stereocenters. The number of hydrogen-bond acceptors (Lipinski definition) is 4. The molecule has 3 saturated heterocycles. The minimum absolute atomic E-state index is 0. The van der Waals surface area contributed by atoms with Crippen molar-refractivity contribution in [3.05, 3.63) is 54.1 Å². The monoisotopic (exact) mass is 424 g/mol. The van der Waals surface area contributed by atoms with Crippen LogP contribution < -0.4 is 5.32 Å². The SMILES string of the molecule is Cl.Cl.c1ccc(Cn2cncc2CN2CCOC3(C[C@H]4CC[C@@H](C3)N4)C2)cc1. The normalized spacial score (nSPS) is 29.3. The number of benzene rings is 1. The maximum absolute atomic E-state index is 6.36. The maximum Gasteiger partial charge on any atom is 0.0951 e. The lowest BCUT2D eigenvalue weighted by Crippen LogP contribution is -2.58. The van der Waals surface area contributed by atoms with Gasteiger partial charge < -0.3 is 14.6 Å². The smallest absolute Gasteiger partial charge is 0.0951 e. The van der Waals surface area contributed by atoms with Gasteiger partial charge in [-0.3, -0.25) is 4.90 Å². The molecule has 3 aliphatic rings. The maximum atomic E-state index is 6.36. The zero-order valence-electron chi connectivity index (χ0n) is 16.1. The summed E-state index contributed by atoms with van der Waals surface area (Å²) in [5.41, 5.74) is 2.68. The summed E-state index contributed by atoms with van der Waals surface area (Å²) in [5, 5.41) is 3.75. The second kappa shape index (κ2) is 9.14. The topological polar surface area (TPSA) is 42.3 Å². The fraction of sp³-hybridized carbons (Fsp3) is 0.571. The first kappa shape index (κ1) is 21.6. The number of rotatable bonds is 4. The van der Waals surface area contributed by atoms with Crippen LogP contribution in [-0.2, 0) is 17.8 Å². The van der Waals surface area contributed by atoms with Gasteiger partial charge in [0.15, 0.2) is 0 Å². The van der Waals surface area contributed by atoms with Gasteiger partial charge in [0.2, 0.25) is 0 Å². The quantitative estimate of drug-likeness (QED) is 0.817. The average molecular weight is 425 g/mol. The predicted molar refractivity (Wildman–Crippen MR) is 115 cm³/mol. The lowest BCUT2D eigenvalue weighted by atomic mass is 9.85. The van der Waals surface area contributed by atoms with E-state index in [2.05, 4.69) is 50.1 Å². The summed E-state index contributed by atoms with van der Waals surface area (Å²) in [6.07, 6.45) is 8.96. The number of aromatic nitrogens is 2. The van der Waals surface area contributed by atoms with Crippen LogP contribution in [0, 0.1) is 0 Å². The molecule has 5 rings (SSSR count). The van der Waals surface area contributed by atoms with Crippen LogP contribution in [0.3, 0.4) is 0 Å². The summed E-state index contributed by atoms with van der Waals surface area (Å²) < 4.78 is 8.64. The number of halogens is 2. The number of imidazole rings is 1. The second-order valence-corrected chi connectivity index (χ2v) is 8.29. The lowest BCUT2D eigenvalue weighted by molar-refractivity contribution is -0.133. The number of piperidine rings is 1. The molecule has 2 aromatic rings. The highest BCUT2D eigenvalue weighted by molar-refractivity contribution is 5.85. The van der Waals surface area contributed by atoms with Crippen LogP contribution in [-0.4, -0.2) is 51.8 Å². The van der Waals surface area contributed by atoms with E-state index in [-0.39, 0.29) is 30.4 Å². The first-order valence-electron chi connectivity index (χ1n) is 9.93. The molecular formula is C21H30Cl2N4O. The molecule has 0 radical (unpaired) electrons. The Hall–Kier alpha value is -1.11. The van der Waals surface area contributed by atoms with Crippen molar-refractivity contribution in [3.63, 3.8) is 0 Å². The van der Waals surface area contributed by atoms with Crippen molar-refractivity contribution in [2.24, 2.45) is 0 Å². The molecule has 3 aliphatic heterocycles. The molecule has 7 heteroatoms. The molecule has 1 N–H and O–H groups in total. The Morgan fingerprint density at radius 2 is 1.82 bits per heavy atom. The Balaban J connectivity index is 0.00000112. The van der Waals surface area contributed by atoms with Gasteiger partial charge in [-0.2, -0.15) is 0 Å².